The van der Waals surface area contributed by atoms with Crippen LogP contribution in [-0.2, 0) is 11.8 Å². The predicted octanol–water partition coefficient (Wildman–Crippen LogP) is 3.66. The Balaban J connectivity index is 1.77. The van der Waals surface area contributed by atoms with E-state index >= 15 is 0 Å². The highest BCUT2D eigenvalue weighted by atomic mass is 32.2. The lowest BCUT2D eigenvalue weighted by Gasteiger charge is -2.40. The van der Waals surface area contributed by atoms with Gasteiger partial charge in [-0.05, 0) is 31.9 Å². The molecule has 1 amide bonds. The molecule has 154 valence electrons. The molecule has 1 heterocycles. The van der Waals surface area contributed by atoms with Gasteiger partial charge in [0.25, 0.3) is 0 Å². The number of carbonyl (C=O) groups excluding carboxylic acids is 1. The lowest BCUT2D eigenvalue weighted by molar-refractivity contribution is -0.133. The molecular formula is C21H27N5O2S. The Morgan fingerprint density at radius 2 is 2.00 bits per heavy atom. The van der Waals surface area contributed by atoms with E-state index in [4.69, 9.17) is 4.74 Å². The highest BCUT2D eigenvalue weighted by Gasteiger charge is 2.40. The number of methoxy groups -OCH3 is 1. The Morgan fingerprint density at radius 3 is 2.66 bits per heavy atom. The van der Waals surface area contributed by atoms with Crippen molar-refractivity contribution in [2.45, 2.75) is 55.0 Å². The molecule has 7 nitrogen and oxygen atoms in total. The van der Waals surface area contributed by atoms with Gasteiger partial charge in [-0.2, -0.15) is 5.26 Å². The number of benzene rings is 1. The Hall–Kier alpha value is -2.53. The van der Waals surface area contributed by atoms with Crippen LogP contribution in [0.15, 0.2) is 29.4 Å². The van der Waals surface area contributed by atoms with Gasteiger partial charge in [-0.15, -0.1) is 10.2 Å². The molecule has 0 spiro atoms. The summed E-state index contributed by atoms with van der Waals surface area (Å²) in [5.74, 6) is 1.34. The fourth-order valence-corrected chi connectivity index (χ4v) is 4.74. The van der Waals surface area contributed by atoms with Gasteiger partial charge in [-0.25, -0.2) is 0 Å². The van der Waals surface area contributed by atoms with Crippen LogP contribution in [-0.4, -0.2) is 50.5 Å². The van der Waals surface area contributed by atoms with E-state index in [1.54, 1.807) is 19.1 Å². The van der Waals surface area contributed by atoms with Crippen LogP contribution in [0.2, 0.25) is 0 Å². The molecule has 1 aliphatic carbocycles. The summed E-state index contributed by atoms with van der Waals surface area (Å²) in [5.41, 5.74) is 0.158. The average Bonchev–Trinajstić information content (AvgIpc) is 3.12. The van der Waals surface area contributed by atoms with Crippen molar-refractivity contribution >= 4 is 17.7 Å². The number of aromatic nitrogens is 3. The summed E-state index contributed by atoms with van der Waals surface area (Å²) in [5, 5.41) is 18.6. The van der Waals surface area contributed by atoms with Crippen LogP contribution in [0.5, 0.6) is 5.75 Å². The number of nitrogens with zero attached hydrogens (tertiary/aromatic N) is 5. The summed E-state index contributed by atoms with van der Waals surface area (Å²) < 4.78 is 7.29. The monoisotopic (exact) mass is 413 g/mol. The molecule has 0 aliphatic heterocycles. The quantitative estimate of drug-likeness (QED) is 0.672. The highest BCUT2D eigenvalue weighted by molar-refractivity contribution is 8.00. The molecule has 1 fully saturated rings. The number of ether oxygens (including phenoxy) is 1. The van der Waals surface area contributed by atoms with E-state index in [-0.39, 0.29) is 11.2 Å². The minimum atomic E-state index is -0.688. The first-order valence-corrected chi connectivity index (χ1v) is 10.7. The van der Waals surface area contributed by atoms with E-state index in [0.717, 1.165) is 43.4 Å². The van der Waals surface area contributed by atoms with Crippen LogP contribution in [0.4, 0.5) is 0 Å². The van der Waals surface area contributed by atoms with Crippen molar-refractivity contribution < 1.29 is 9.53 Å². The van der Waals surface area contributed by atoms with Crippen LogP contribution in [0.1, 0.15) is 39.0 Å². The first-order chi connectivity index (χ1) is 13.9. The number of carbonyl (C=O) groups is 1. The summed E-state index contributed by atoms with van der Waals surface area (Å²) in [6, 6.07) is 10.1. The molecule has 1 aromatic heterocycles. The van der Waals surface area contributed by atoms with Crippen molar-refractivity contribution in [1.29, 1.82) is 5.26 Å². The van der Waals surface area contributed by atoms with Gasteiger partial charge in [0.2, 0.25) is 5.91 Å². The lowest BCUT2D eigenvalue weighted by atomic mass is 9.81. The summed E-state index contributed by atoms with van der Waals surface area (Å²) >= 11 is 1.36. The zero-order chi connectivity index (χ0) is 21.0. The van der Waals surface area contributed by atoms with Gasteiger partial charge in [0.05, 0.1) is 24.0 Å². The summed E-state index contributed by atoms with van der Waals surface area (Å²) in [7, 11) is 5.26. The second-order valence-corrected chi connectivity index (χ2v) is 8.73. The number of thioether (sulfide) groups is 1. The van der Waals surface area contributed by atoms with Crippen molar-refractivity contribution in [3.63, 3.8) is 0 Å². The van der Waals surface area contributed by atoms with Crippen molar-refractivity contribution in [3.8, 4) is 23.2 Å². The minimum absolute atomic E-state index is 0.0553. The van der Waals surface area contributed by atoms with E-state index in [2.05, 4.69) is 16.3 Å². The zero-order valence-electron chi connectivity index (χ0n) is 17.4. The molecule has 3 rings (SSSR count). The second kappa shape index (κ2) is 8.87. The van der Waals surface area contributed by atoms with Crippen LogP contribution < -0.4 is 4.74 Å². The van der Waals surface area contributed by atoms with Gasteiger partial charge >= 0.3 is 0 Å². The first kappa shape index (κ1) is 21.2. The van der Waals surface area contributed by atoms with E-state index in [0.29, 0.717) is 11.0 Å². The van der Waals surface area contributed by atoms with E-state index in [9.17, 15) is 10.1 Å². The molecule has 1 saturated carbocycles. The van der Waals surface area contributed by atoms with Crippen LogP contribution >= 0.6 is 11.8 Å². The topological polar surface area (TPSA) is 84.0 Å². The molecule has 1 aliphatic rings. The number of hydrogen-bond acceptors (Lipinski definition) is 6. The minimum Gasteiger partial charge on any atom is -0.496 e. The first-order valence-electron chi connectivity index (χ1n) is 9.82. The molecule has 8 heteroatoms. The third kappa shape index (κ3) is 4.10. The maximum atomic E-state index is 13.1. The number of para-hydroxylation sites is 1. The van der Waals surface area contributed by atoms with Gasteiger partial charge in [-0.3, -0.25) is 4.79 Å². The second-order valence-electron chi connectivity index (χ2n) is 7.43. The molecule has 2 aromatic rings. The molecule has 0 unspecified atom stereocenters. The number of rotatable bonds is 6. The lowest BCUT2D eigenvalue weighted by Crippen LogP contribution is -2.52. The maximum Gasteiger partial charge on any atom is 0.236 e. The van der Waals surface area contributed by atoms with Crippen LogP contribution in [0.25, 0.3) is 11.4 Å². The number of nitriles is 1. The van der Waals surface area contributed by atoms with E-state index in [1.807, 2.05) is 42.8 Å². The van der Waals surface area contributed by atoms with Gasteiger partial charge < -0.3 is 14.2 Å². The van der Waals surface area contributed by atoms with Gasteiger partial charge in [-0.1, -0.05) is 43.2 Å². The summed E-state index contributed by atoms with van der Waals surface area (Å²) in [4.78, 5) is 14.7. The van der Waals surface area contributed by atoms with Gasteiger partial charge in [0.15, 0.2) is 11.0 Å². The smallest absolute Gasteiger partial charge is 0.236 e. The standard InChI is InChI=1S/C21H27N5O2S/c1-15(19(27)26(3)21(14-22)12-8-5-9-13-21)29-20-24-23-18(25(20)2)16-10-6-7-11-17(16)28-4/h6-7,10-11,15H,5,8-9,12-13H2,1-4H3/t15-/m1/s1. The van der Waals surface area contributed by atoms with Crippen LogP contribution in [0.3, 0.4) is 0 Å². The van der Waals surface area contributed by atoms with E-state index < -0.39 is 5.54 Å². The maximum absolute atomic E-state index is 13.1. The van der Waals surface area contributed by atoms with Crippen molar-refractivity contribution in [1.82, 2.24) is 19.7 Å². The van der Waals surface area contributed by atoms with Crippen molar-refractivity contribution in [3.05, 3.63) is 24.3 Å². The SMILES string of the molecule is COc1ccccc1-c1nnc(S[C@H](C)C(=O)N(C)C2(C#N)CCCCC2)n1C. The molecule has 0 N–H and O–H groups in total. The summed E-state index contributed by atoms with van der Waals surface area (Å²) in [6.45, 7) is 1.86. The third-order valence-electron chi connectivity index (χ3n) is 5.67. The van der Waals surface area contributed by atoms with Gasteiger partial charge in [0, 0.05) is 14.1 Å². The number of hydrogen-bond donors (Lipinski definition) is 0. The zero-order valence-corrected chi connectivity index (χ0v) is 18.2. The van der Waals surface area contributed by atoms with Gasteiger partial charge in [0.1, 0.15) is 11.3 Å². The molecule has 0 saturated heterocycles. The largest absolute Gasteiger partial charge is 0.496 e. The highest BCUT2D eigenvalue weighted by Crippen LogP contribution is 2.35. The Morgan fingerprint density at radius 1 is 1.31 bits per heavy atom. The molecule has 1 aromatic carbocycles. The van der Waals surface area contributed by atoms with Crippen molar-refractivity contribution in [2.24, 2.45) is 7.05 Å². The molecule has 0 bridgehead atoms. The molecular weight excluding hydrogens is 386 g/mol. The number of amides is 1. The Bertz CT molecular complexity index is 914. The molecule has 1 atom stereocenters. The normalized spacial score (nSPS) is 16.7. The van der Waals surface area contributed by atoms with E-state index in [1.165, 1.54) is 11.8 Å². The summed E-state index contributed by atoms with van der Waals surface area (Å²) in [6.07, 6.45) is 4.58. The predicted molar refractivity (Wildman–Crippen MR) is 113 cm³/mol. The molecule has 29 heavy (non-hydrogen) atoms. The van der Waals surface area contributed by atoms with Crippen LogP contribution in [0, 0.1) is 11.3 Å². The average molecular weight is 414 g/mol. The Kier molecular flexibility index (Phi) is 6.48. The fraction of sp³-hybridized carbons (Fsp3) is 0.524. The molecule has 0 radical (unpaired) electrons. The van der Waals surface area contributed by atoms with Crippen molar-refractivity contribution in [2.75, 3.05) is 14.2 Å². The third-order valence-corrected chi connectivity index (χ3v) is 6.80. The Labute approximate surface area is 176 Å². The fourth-order valence-electron chi connectivity index (χ4n) is 3.83.